The van der Waals surface area contributed by atoms with E-state index in [2.05, 4.69) is 9.97 Å². The Morgan fingerprint density at radius 3 is 2.85 bits per heavy atom. The number of piperazine rings is 1. The van der Waals surface area contributed by atoms with Gasteiger partial charge in [-0.25, -0.2) is 9.78 Å². The lowest BCUT2D eigenvalue weighted by molar-refractivity contribution is 0.0101. The number of methoxy groups -OCH3 is 1. The zero-order valence-corrected chi connectivity index (χ0v) is 14.8. The van der Waals surface area contributed by atoms with Crippen molar-refractivity contribution in [3.05, 3.63) is 23.7 Å². The predicted molar refractivity (Wildman–Crippen MR) is 95.9 cm³/mol. The average Bonchev–Trinajstić information content (AvgIpc) is 3.30. The van der Waals surface area contributed by atoms with Crippen LogP contribution in [0.4, 0.5) is 10.8 Å². The normalized spacial score (nSPS) is 21.7. The number of aromatic nitrogens is 2. The Morgan fingerprint density at radius 1 is 1.38 bits per heavy atom. The number of hydrogen-bond donors (Lipinski definition) is 1. The van der Waals surface area contributed by atoms with Gasteiger partial charge in [0.05, 0.1) is 24.8 Å². The largest absolute Gasteiger partial charge is 0.494 e. The Balaban J connectivity index is 1.54. The molecule has 9 heteroatoms. The van der Waals surface area contributed by atoms with Gasteiger partial charge in [0.1, 0.15) is 10.8 Å². The van der Waals surface area contributed by atoms with Crippen molar-refractivity contribution in [2.75, 3.05) is 25.1 Å². The average molecular weight is 372 g/mol. The van der Waals surface area contributed by atoms with E-state index < -0.39 is 6.09 Å². The third-order valence-corrected chi connectivity index (χ3v) is 5.87. The zero-order valence-electron chi connectivity index (χ0n) is 14.0. The van der Waals surface area contributed by atoms with E-state index in [1.807, 2.05) is 22.4 Å². The van der Waals surface area contributed by atoms with Crippen LogP contribution in [-0.4, -0.2) is 58.4 Å². The van der Waals surface area contributed by atoms with Gasteiger partial charge in [-0.15, -0.1) is 11.3 Å². The molecule has 1 aromatic carbocycles. The number of fused-ring (bicyclic) bond motifs is 3. The minimum Gasteiger partial charge on any atom is -0.494 e. The summed E-state index contributed by atoms with van der Waals surface area (Å²) in [5.74, 6) is 0.643. The van der Waals surface area contributed by atoms with Gasteiger partial charge in [0.2, 0.25) is 0 Å². The predicted octanol–water partition coefficient (Wildman–Crippen LogP) is 2.90. The smallest absolute Gasteiger partial charge is 0.407 e. The molecule has 1 amide bonds. The number of anilines is 1. The maximum Gasteiger partial charge on any atom is 0.407 e. The SMILES string of the molecule is COc1ccc(-c2nccs2)c2oc(N3CC4CC(C3)N4C(=O)O)nc12. The molecule has 3 aromatic rings. The Morgan fingerprint density at radius 2 is 2.19 bits per heavy atom. The molecule has 3 aliphatic rings. The summed E-state index contributed by atoms with van der Waals surface area (Å²) in [4.78, 5) is 23.8. The Kier molecular flexibility index (Phi) is 3.33. The quantitative estimate of drug-likeness (QED) is 0.756. The van der Waals surface area contributed by atoms with Gasteiger partial charge in [0.25, 0.3) is 6.01 Å². The Bertz CT molecular complexity index is 974. The van der Waals surface area contributed by atoms with Crippen LogP contribution in [0.2, 0.25) is 0 Å². The number of carboxylic acid groups (broad SMARTS) is 1. The van der Waals surface area contributed by atoms with Crippen LogP contribution in [0.3, 0.4) is 0 Å². The van der Waals surface area contributed by atoms with Crippen LogP contribution in [0.25, 0.3) is 21.7 Å². The standard InChI is InChI=1S/C17H16N4O4S/c1-24-12-3-2-11(15-18-4-5-26-15)14-13(12)19-16(25-14)20-7-9-6-10(8-20)21(9)17(22)23/h2-5,9-10H,6-8H2,1H3,(H,22,23). The van der Waals surface area contributed by atoms with Gasteiger partial charge in [-0.2, -0.15) is 4.98 Å². The molecular weight excluding hydrogens is 356 g/mol. The Hall–Kier alpha value is -2.81. The third kappa shape index (κ3) is 2.16. The van der Waals surface area contributed by atoms with Gasteiger partial charge in [0, 0.05) is 24.7 Å². The molecule has 3 saturated heterocycles. The van der Waals surface area contributed by atoms with Crippen molar-refractivity contribution in [2.24, 2.45) is 0 Å². The van der Waals surface area contributed by atoms with E-state index in [0.29, 0.717) is 36.0 Å². The maximum absolute atomic E-state index is 11.3. The molecule has 6 rings (SSSR count). The van der Waals surface area contributed by atoms with Crippen molar-refractivity contribution >= 4 is 34.5 Å². The fourth-order valence-electron chi connectivity index (χ4n) is 3.88. The summed E-state index contributed by atoms with van der Waals surface area (Å²) in [5, 5.41) is 12.0. The lowest BCUT2D eigenvalue weighted by atomic mass is 9.88. The van der Waals surface area contributed by atoms with Gasteiger partial charge >= 0.3 is 6.09 Å². The maximum atomic E-state index is 11.3. The molecule has 3 fully saturated rings. The van der Waals surface area contributed by atoms with Gasteiger partial charge in [0.15, 0.2) is 11.1 Å². The molecule has 2 bridgehead atoms. The summed E-state index contributed by atoms with van der Waals surface area (Å²) in [6.45, 7) is 1.18. The molecule has 0 saturated carbocycles. The van der Waals surface area contributed by atoms with E-state index >= 15 is 0 Å². The van der Waals surface area contributed by atoms with E-state index in [9.17, 15) is 9.90 Å². The Labute approximate surface area is 152 Å². The topological polar surface area (TPSA) is 91.9 Å². The molecule has 134 valence electrons. The highest BCUT2D eigenvalue weighted by atomic mass is 32.1. The number of nitrogens with zero attached hydrogens (tertiary/aromatic N) is 4. The second kappa shape index (κ2) is 5.60. The first-order valence-corrected chi connectivity index (χ1v) is 9.17. The number of amides is 1. The van der Waals surface area contributed by atoms with Gasteiger partial charge in [-0.3, -0.25) is 4.90 Å². The third-order valence-electron chi connectivity index (χ3n) is 5.06. The van der Waals surface area contributed by atoms with Crippen molar-refractivity contribution in [1.29, 1.82) is 0 Å². The number of oxazole rings is 1. The second-order valence-corrected chi connectivity index (χ2v) is 7.36. The molecule has 8 nitrogen and oxygen atoms in total. The van der Waals surface area contributed by atoms with Crippen LogP contribution < -0.4 is 9.64 Å². The molecule has 0 aliphatic carbocycles. The number of thiazole rings is 1. The fraction of sp³-hybridized carbons (Fsp3) is 0.353. The molecule has 5 heterocycles. The minimum atomic E-state index is -0.851. The molecule has 26 heavy (non-hydrogen) atoms. The highest BCUT2D eigenvalue weighted by Gasteiger charge is 2.48. The summed E-state index contributed by atoms with van der Waals surface area (Å²) in [7, 11) is 1.60. The van der Waals surface area contributed by atoms with E-state index in [-0.39, 0.29) is 12.1 Å². The number of piperidine rings is 1. The molecular formula is C17H16N4O4S. The van der Waals surface area contributed by atoms with E-state index in [1.54, 1.807) is 13.3 Å². The summed E-state index contributed by atoms with van der Waals surface area (Å²) < 4.78 is 11.5. The number of ether oxygens (including phenoxy) is 1. The lowest BCUT2D eigenvalue weighted by Crippen LogP contribution is -2.70. The van der Waals surface area contributed by atoms with Gasteiger partial charge < -0.3 is 19.2 Å². The summed E-state index contributed by atoms with van der Waals surface area (Å²) in [5.41, 5.74) is 2.18. The molecule has 0 radical (unpaired) electrons. The van der Waals surface area contributed by atoms with Crippen LogP contribution in [0.1, 0.15) is 6.42 Å². The van der Waals surface area contributed by atoms with E-state index in [4.69, 9.17) is 9.15 Å². The molecule has 2 atom stereocenters. The molecule has 0 spiro atoms. The van der Waals surface area contributed by atoms with Crippen LogP contribution >= 0.6 is 11.3 Å². The van der Waals surface area contributed by atoms with Crippen LogP contribution in [-0.2, 0) is 0 Å². The first-order chi connectivity index (χ1) is 12.7. The highest BCUT2D eigenvalue weighted by molar-refractivity contribution is 7.13. The molecule has 2 aromatic heterocycles. The monoisotopic (exact) mass is 372 g/mol. The lowest BCUT2D eigenvalue weighted by Gasteiger charge is -2.54. The van der Waals surface area contributed by atoms with E-state index in [1.165, 1.54) is 16.2 Å². The molecule has 3 aliphatic heterocycles. The first kappa shape index (κ1) is 15.4. The zero-order chi connectivity index (χ0) is 17.8. The number of benzene rings is 1. The van der Waals surface area contributed by atoms with Gasteiger partial charge in [-0.1, -0.05) is 0 Å². The van der Waals surface area contributed by atoms with Crippen molar-refractivity contribution in [1.82, 2.24) is 14.9 Å². The minimum absolute atomic E-state index is 0.00147. The van der Waals surface area contributed by atoms with Crippen LogP contribution in [0, 0.1) is 0 Å². The number of rotatable bonds is 3. The van der Waals surface area contributed by atoms with Crippen molar-refractivity contribution < 1.29 is 19.1 Å². The van der Waals surface area contributed by atoms with Crippen molar-refractivity contribution in [3.63, 3.8) is 0 Å². The van der Waals surface area contributed by atoms with Crippen molar-refractivity contribution in [3.8, 4) is 16.3 Å². The number of carbonyl (C=O) groups is 1. The van der Waals surface area contributed by atoms with Crippen LogP contribution in [0.5, 0.6) is 5.75 Å². The molecule has 2 unspecified atom stereocenters. The fourth-order valence-corrected chi connectivity index (χ4v) is 4.54. The summed E-state index contributed by atoms with van der Waals surface area (Å²) >= 11 is 1.53. The first-order valence-electron chi connectivity index (χ1n) is 8.29. The summed E-state index contributed by atoms with van der Waals surface area (Å²) in [6, 6.07) is 4.30. The van der Waals surface area contributed by atoms with Gasteiger partial charge in [-0.05, 0) is 18.6 Å². The summed E-state index contributed by atoms with van der Waals surface area (Å²) in [6.07, 6.45) is 1.80. The number of hydrogen-bond acceptors (Lipinski definition) is 7. The molecule has 1 N–H and O–H groups in total. The van der Waals surface area contributed by atoms with E-state index in [0.717, 1.165) is 17.0 Å². The van der Waals surface area contributed by atoms with Crippen molar-refractivity contribution in [2.45, 2.75) is 18.5 Å². The highest BCUT2D eigenvalue weighted by Crippen LogP contribution is 2.40. The second-order valence-electron chi connectivity index (χ2n) is 6.46. The van der Waals surface area contributed by atoms with Crippen LogP contribution in [0.15, 0.2) is 28.1 Å².